The molecule has 4 aromatic rings. The van der Waals surface area contributed by atoms with Gasteiger partial charge < -0.3 is 9.67 Å². The number of hydrazone groups is 1. The first-order valence-electron chi connectivity index (χ1n) is 12.1. The molecule has 0 radical (unpaired) electrons. The molecule has 6 heteroatoms. The minimum Gasteiger partial charge on any atom is -0.507 e. The Balaban J connectivity index is 1.65. The maximum Gasteiger partial charge on any atom is 0.260 e. The number of nitrogens with zero attached hydrogens (tertiary/aromatic N) is 2. The maximum absolute atomic E-state index is 12.9. The predicted octanol–water partition coefficient (Wildman–Crippen LogP) is 5.61. The summed E-state index contributed by atoms with van der Waals surface area (Å²) in [6, 6.07) is 18.4. The fourth-order valence-electron chi connectivity index (χ4n) is 4.48. The van der Waals surface area contributed by atoms with Crippen LogP contribution in [0, 0.1) is 0 Å². The van der Waals surface area contributed by atoms with Crippen molar-refractivity contribution in [2.45, 2.75) is 58.9 Å². The van der Waals surface area contributed by atoms with Gasteiger partial charge in [0.25, 0.3) is 5.91 Å². The van der Waals surface area contributed by atoms with E-state index < -0.39 is 0 Å². The molecule has 2 N–H and O–H groups in total. The fraction of sp³-hybridized carbons (Fsp3) is 0.300. The number of para-hydroxylation sites is 2. The summed E-state index contributed by atoms with van der Waals surface area (Å²) in [5, 5.41) is 16.3. The van der Waals surface area contributed by atoms with E-state index in [0.717, 1.165) is 16.7 Å². The summed E-state index contributed by atoms with van der Waals surface area (Å²) in [6.07, 6.45) is 1.60. The number of nitrogens with one attached hydrogen (secondary N) is 1. The average molecular weight is 484 g/mol. The second kappa shape index (κ2) is 9.26. The van der Waals surface area contributed by atoms with E-state index in [2.05, 4.69) is 52.1 Å². The zero-order valence-electron chi connectivity index (χ0n) is 21.7. The Morgan fingerprint density at radius 1 is 0.889 bits per heavy atom. The molecule has 4 rings (SSSR count). The number of amides is 1. The summed E-state index contributed by atoms with van der Waals surface area (Å²) < 4.78 is 1.84. The van der Waals surface area contributed by atoms with Crippen molar-refractivity contribution in [1.82, 2.24) is 9.99 Å². The Bertz CT molecular complexity index is 1460. The zero-order chi connectivity index (χ0) is 26.3. The van der Waals surface area contributed by atoms with Gasteiger partial charge in [0.1, 0.15) is 12.3 Å². The van der Waals surface area contributed by atoms with Crippen molar-refractivity contribution in [2.75, 3.05) is 0 Å². The zero-order valence-corrected chi connectivity index (χ0v) is 21.7. The fourth-order valence-corrected chi connectivity index (χ4v) is 4.48. The van der Waals surface area contributed by atoms with Gasteiger partial charge in [0.2, 0.25) is 0 Å². The van der Waals surface area contributed by atoms with Crippen molar-refractivity contribution in [3.63, 3.8) is 0 Å². The lowest BCUT2D eigenvalue weighted by molar-refractivity contribution is -0.121. The Morgan fingerprint density at radius 3 is 1.83 bits per heavy atom. The number of fused-ring (bicyclic) bond motifs is 2. The number of hydrogen-bond acceptors (Lipinski definition) is 4. The molecule has 0 fully saturated rings. The third kappa shape index (κ3) is 4.89. The molecule has 3 aromatic carbocycles. The molecule has 6 nitrogen and oxygen atoms in total. The Hall–Kier alpha value is -3.93. The van der Waals surface area contributed by atoms with Crippen molar-refractivity contribution < 1.29 is 9.90 Å². The highest BCUT2D eigenvalue weighted by atomic mass is 16.3. The number of hydrogen-bond donors (Lipinski definition) is 2. The van der Waals surface area contributed by atoms with Gasteiger partial charge in [-0.2, -0.15) is 5.10 Å². The number of rotatable bonds is 4. The topological polar surface area (TPSA) is 83.7 Å². The largest absolute Gasteiger partial charge is 0.507 e. The van der Waals surface area contributed by atoms with Gasteiger partial charge in [-0.3, -0.25) is 9.59 Å². The molecule has 0 bridgehead atoms. The number of phenolic OH excluding ortho intramolecular Hbond substituents is 1. The molecule has 1 aromatic heterocycles. The van der Waals surface area contributed by atoms with E-state index in [1.54, 1.807) is 18.3 Å². The molecule has 0 aliphatic heterocycles. The SMILES string of the molecule is CC(C)(C)c1cc(C=NNC(=O)Cn2c3ccccc3c(=O)c3ccccc32)cc(C(C)(C)C)c1O. The Labute approximate surface area is 211 Å². The molecule has 0 saturated carbocycles. The standard InChI is InChI=1S/C30H33N3O3/c1-29(2,3)22-15-19(16-23(28(22)36)30(4,5)6)17-31-32-26(34)18-33-24-13-9-7-11-20(24)27(35)21-12-8-10-14-25(21)33/h7-17,36H,18H2,1-6H3,(H,32,34). The molecule has 0 aliphatic rings. The van der Waals surface area contributed by atoms with Crippen LogP contribution in [0.15, 0.2) is 70.6 Å². The quantitative estimate of drug-likeness (QED) is 0.225. The van der Waals surface area contributed by atoms with Crippen LogP contribution in [0.3, 0.4) is 0 Å². The molecule has 36 heavy (non-hydrogen) atoms. The van der Waals surface area contributed by atoms with Crippen molar-refractivity contribution in [1.29, 1.82) is 0 Å². The number of aromatic nitrogens is 1. The van der Waals surface area contributed by atoms with Gasteiger partial charge in [0, 0.05) is 21.9 Å². The van der Waals surface area contributed by atoms with Crippen molar-refractivity contribution in [3.05, 3.63) is 87.6 Å². The van der Waals surface area contributed by atoms with Gasteiger partial charge in [-0.25, -0.2) is 5.43 Å². The summed E-state index contributed by atoms with van der Waals surface area (Å²) in [7, 11) is 0. The van der Waals surface area contributed by atoms with E-state index in [9.17, 15) is 14.7 Å². The van der Waals surface area contributed by atoms with Crippen LogP contribution < -0.4 is 10.9 Å². The van der Waals surface area contributed by atoms with Crippen LogP contribution in [0.5, 0.6) is 5.75 Å². The molecule has 0 atom stereocenters. The third-order valence-corrected chi connectivity index (χ3v) is 6.33. The molecule has 0 unspecified atom stereocenters. The number of pyridine rings is 1. The van der Waals surface area contributed by atoms with E-state index in [-0.39, 0.29) is 28.7 Å². The maximum atomic E-state index is 12.9. The van der Waals surface area contributed by atoms with E-state index in [0.29, 0.717) is 27.6 Å². The summed E-state index contributed by atoms with van der Waals surface area (Å²) in [5.74, 6) is -0.00997. The van der Waals surface area contributed by atoms with Gasteiger partial charge in [-0.15, -0.1) is 0 Å². The number of carbonyl (C=O) groups is 1. The summed E-state index contributed by atoms with van der Waals surface area (Å²) in [5.41, 5.74) is 5.90. The third-order valence-electron chi connectivity index (χ3n) is 6.33. The highest BCUT2D eigenvalue weighted by molar-refractivity contribution is 5.95. The number of carbonyl (C=O) groups excluding carboxylic acids is 1. The second-order valence-electron chi connectivity index (χ2n) is 11.2. The molecule has 186 valence electrons. The molecule has 0 aliphatic carbocycles. The van der Waals surface area contributed by atoms with Crippen LogP contribution in [0.4, 0.5) is 0 Å². The van der Waals surface area contributed by atoms with Crippen LogP contribution in [-0.2, 0) is 22.2 Å². The van der Waals surface area contributed by atoms with E-state index in [1.807, 2.05) is 53.1 Å². The lowest BCUT2D eigenvalue weighted by atomic mass is 9.78. The van der Waals surface area contributed by atoms with Crippen molar-refractivity contribution >= 4 is 33.9 Å². The molecular formula is C30H33N3O3. The number of benzene rings is 3. The first kappa shape index (κ1) is 25.2. The van der Waals surface area contributed by atoms with Crippen LogP contribution >= 0.6 is 0 Å². The van der Waals surface area contributed by atoms with Gasteiger partial charge in [0.15, 0.2) is 5.43 Å². The first-order chi connectivity index (χ1) is 16.9. The van der Waals surface area contributed by atoms with E-state index in [1.165, 1.54) is 0 Å². The highest BCUT2D eigenvalue weighted by Gasteiger charge is 2.26. The van der Waals surface area contributed by atoms with Crippen LogP contribution in [0.2, 0.25) is 0 Å². The van der Waals surface area contributed by atoms with Gasteiger partial charge in [0.05, 0.1) is 17.2 Å². The first-order valence-corrected chi connectivity index (χ1v) is 12.1. The van der Waals surface area contributed by atoms with Crippen molar-refractivity contribution in [3.8, 4) is 5.75 Å². The monoisotopic (exact) mass is 483 g/mol. The number of aromatic hydroxyl groups is 1. The summed E-state index contributed by atoms with van der Waals surface area (Å²) in [4.78, 5) is 25.8. The van der Waals surface area contributed by atoms with Gasteiger partial charge in [-0.05, 0) is 52.8 Å². The predicted molar refractivity (Wildman–Crippen MR) is 147 cm³/mol. The summed E-state index contributed by atoms with van der Waals surface area (Å²) >= 11 is 0. The minimum atomic E-state index is -0.309. The van der Waals surface area contributed by atoms with Crippen LogP contribution in [0.25, 0.3) is 21.8 Å². The van der Waals surface area contributed by atoms with Crippen LogP contribution in [0.1, 0.15) is 58.2 Å². The molecular weight excluding hydrogens is 450 g/mol. The highest BCUT2D eigenvalue weighted by Crippen LogP contribution is 2.39. The summed E-state index contributed by atoms with van der Waals surface area (Å²) in [6.45, 7) is 12.3. The van der Waals surface area contributed by atoms with Crippen LogP contribution in [-0.4, -0.2) is 21.8 Å². The lowest BCUT2D eigenvalue weighted by Gasteiger charge is -2.27. The normalized spacial score (nSPS) is 12.5. The molecule has 0 spiro atoms. The Kier molecular flexibility index (Phi) is 6.48. The molecule has 0 saturated heterocycles. The minimum absolute atomic E-state index is 0.00864. The van der Waals surface area contributed by atoms with E-state index >= 15 is 0 Å². The van der Waals surface area contributed by atoms with E-state index in [4.69, 9.17) is 0 Å². The second-order valence-corrected chi connectivity index (χ2v) is 11.2. The van der Waals surface area contributed by atoms with Gasteiger partial charge >= 0.3 is 0 Å². The molecule has 1 amide bonds. The number of phenols is 1. The molecule has 1 heterocycles. The van der Waals surface area contributed by atoms with Gasteiger partial charge in [-0.1, -0.05) is 65.8 Å². The smallest absolute Gasteiger partial charge is 0.260 e. The lowest BCUT2D eigenvalue weighted by Crippen LogP contribution is -2.25. The average Bonchev–Trinajstić information content (AvgIpc) is 2.81. The Morgan fingerprint density at radius 2 is 1.36 bits per heavy atom. The van der Waals surface area contributed by atoms with Crippen molar-refractivity contribution in [2.24, 2.45) is 5.10 Å².